The average molecular weight is 486 g/mol. The summed E-state index contributed by atoms with van der Waals surface area (Å²) in [7, 11) is 1.57. The molecule has 1 saturated heterocycles. The molecule has 7 rings (SSSR count). The molecule has 35 heavy (non-hydrogen) atoms. The summed E-state index contributed by atoms with van der Waals surface area (Å²) >= 11 is 0. The molecule has 4 heterocycles. The fourth-order valence-corrected chi connectivity index (χ4v) is 6.09. The Hall–Kier alpha value is -2.88. The monoisotopic (exact) mass is 485 g/mol. The van der Waals surface area contributed by atoms with Crippen molar-refractivity contribution in [1.29, 1.82) is 0 Å². The van der Waals surface area contributed by atoms with Crippen molar-refractivity contribution in [3.8, 4) is 5.88 Å². The van der Waals surface area contributed by atoms with E-state index in [4.69, 9.17) is 19.4 Å². The van der Waals surface area contributed by atoms with E-state index in [1.807, 2.05) is 26.0 Å². The Labute approximate surface area is 200 Å². The smallest absolute Gasteiger partial charge is 0.394 e. The van der Waals surface area contributed by atoms with E-state index in [-0.39, 0.29) is 31.3 Å². The van der Waals surface area contributed by atoms with Crippen molar-refractivity contribution in [3.63, 3.8) is 0 Å². The van der Waals surface area contributed by atoms with E-state index in [2.05, 4.69) is 15.0 Å². The molecule has 0 amide bonds. The van der Waals surface area contributed by atoms with Gasteiger partial charge in [0, 0.05) is 29.7 Å². The first-order chi connectivity index (χ1) is 16.6. The SMILES string of the molecule is COc1ncccc1C1CC(c2nc(C34CC(C(F)(F)F)(C3)C4)c3nc(C)c(C)nc3n2)CCO1. The molecule has 7 nitrogen and oxygen atoms in total. The highest BCUT2D eigenvalue weighted by Gasteiger charge is 2.79. The van der Waals surface area contributed by atoms with Crippen LogP contribution in [0.2, 0.25) is 0 Å². The molecule has 4 fully saturated rings. The van der Waals surface area contributed by atoms with Gasteiger partial charge >= 0.3 is 6.18 Å². The minimum atomic E-state index is -4.19. The van der Waals surface area contributed by atoms with Gasteiger partial charge in [0.15, 0.2) is 5.65 Å². The number of hydrogen-bond acceptors (Lipinski definition) is 7. The number of ether oxygens (including phenoxy) is 2. The number of alkyl halides is 3. The van der Waals surface area contributed by atoms with Crippen LogP contribution in [0.5, 0.6) is 5.88 Å². The van der Waals surface area contributed by atoms with Gasteiger partial charge in [-0.15, -0.1) is 0 Å². The van der Waals surface area contributed by atoms with Crippen molar-refractivity contribution in [2.45, 2.75) is 69.6 Å². The maximum absolute atomic E-state index is 13.6. The van der Waals surface area contributed by atoms with Gasteiger partial charge in [-0.1, -0.05) is 0 Å². The summed E-state index contributed by atoms with van der Waals surface area (Å²) in [6.07, 6.45) is -1.24. The summed E-state index contributed by atoms with van der Waals surface area (Å²) in [5, 5.41) is 0. The zero-order valence-corrected chi connectivity index (χ0v) is 19.8. The van der Waals surface area contributed by atoms with Gasteiger partial charge in [-0.2, -0.15) is 13.2 Å². The van der Waals surface area contributed by atoms with Crippen LogP contribution < -0.4 is 4.74 Å². The molecule has 3 aromatic rings. The first-order valence-electron chi connectivity index (χ1n) is 11.9. The highest BCUT2D eigenvalue weighted by atomic mass is 19.4. The number of halogens is 3. The lowest BCUT2D eigenvalue weighted by molar-refractivity contribution is -0.337. The minimum absolute atomic E-state index is 0.0332. The van der Waals surface area contributed by atoms with Crippen LogP contribution in [0.15, 0.2) is 18.3 Å². The number of hydrogen-bond donors (Lipinski definition) is 0. The standard InChI is InChI=1S/C25H26F3N5O2/c1-13-14(2)31-21-18(30-13)19(23-10-24(11-23,12-23)25(26,27)28)32-20(33-21)15-6-8-35-17(9-15)16-5-4-7-29-22(16)34-3/h4-5,7,15,17H,6,8-12H2,1-3H3. The van der Waals surface area contributed by atoms with Crippen molar-refractivity contribution in [2.24, 2.45) is 5.41 Å². The van der Waals surface area contributed by atoms with Crippen LogP contribution in [0, 0.1) is 19.3 Å². The largest absolute Gasteiger partial charge is 0.481 e. The molecule has 4 aliphatic rings. The summed E-state index contributed by atoms with van der Waals surface area (Å²) in [6.45, 7) is 4.22. The first kappa shape index (κ1) is 22.6. The van der Waals surface area contributed by atoms with Gasteiger partial charge in [-0.05, 0) is 58.1 Å². The topological polar surface area (TPSA) is 82.9 Å². The van der Waals surface area contributed by atoms with E-state index >= 15 is 0 Å². The number of rotatable bonds is 4. The molecule has 184 valence electrons. The predicted molar refractivity (Wildman–Crippen MR) is 120 cm³/mol. The number of pyridine rings is 1. The van der Waals surface area contributed by atoms with E-state index in [0.29, 0.717) is 48.0 Å². The lowest BCUT2D eigenvalue weighted by atomic mass is 9.34. The molecule has 0 spiro atoms. The molecule has 3 aliphatic carbocycles. The summed E-state index contributed by atoms with van der Waals surface area (Å²) in [4.78, 5) is 23.3. The molecule has 2 atom stereocenters. The fraction of sp³-hybridized carbons (Fsp3) is 0.560. The van der Waals surface area contributed by atoms with Gasteiger partial charge < -0.3 is 9.47 Å². The van der Waals surface area contributed by atoms with Gasteiger partial charge in [0.05, 0.1) is 35.7 Å². The van der Waals surface area contributed by atoms with E-state index in [9.17, 15) is 13.2 Å². The normalized spacial score (nSPS) is 30.0. The van der Waals surface area contributed by atoms with Crippen LogP contribution in [0.3, 0.4) is 0 Å². The maximum atomic E-state index is 13.6. The van der Waals surface area contributed by atoms with E-state index in [1.165, 1.54) is 0 Å². The second-order valence-corrected chi connectivity index (χ2v) is 10.3. The molecule has 2 unspecified atom stereocenters. The van der Waals surface area contributed by atoms with Gasteiger partial charge in [-0.3, -0.25) is 0 Å². The fourth-order valence-electron chi connectivity index (χ4n) is 6.09. The lowest BCUT2D eigenvalue weighted by Gasteiger charge is -2.70. The lowest BCUT2D eigenvalue weighted by Crippen LogP contribution is -2.70. The van der Waals surface area contributed by atoms with E-state index < -0.39 is 17.0 Å². The van der Waals surface area contributed by atoms with Gasteiger partial charge in [0.1, 0.15) is 11.3 Å². The predicted octanol–water partition coefficient (Wildman–Crippen LogP) is 5.06. The molecule has 1 aliphatic heterocycles. The highest BCUT2D eigenvalue weighted by molar-refractivity contribution is 5.75. The second kappa shape index (κ2) is 7.56. The van der Waals surface area contributed by atoms with E-state index in [1.54, 1.807) is 13.3 Å². The summed E-state index contributed by atoms with van der Waals surface area (Å²) < 4.78 is 52.2. The average Bonchev–Trinajstić information content (AvgIpc) is 2.77. The first-order valence-corrected chi connectivity index (χ1v) is 11.9. The number of methoxy groups -OCH3 is 1. The molecular weight excluding hydrogens is 459 g/mol. The van der Waals surface area contributed by atoms with Gasteiger partial charge in [-0.25, -0.2) is 24.9 Å². The Morgan fingerprint density at radius 3 is 2.51 bits per heavy atom. The van der Waals surface area contributed by atoms with Crippen LogP contribution in [-0.2, 0) is 10.2 Å². The Bertz CT molecular complexity index is 1310. The van der Waals surface area contributed by atoms with Crippen LogP contribution in [-0.4, -0.2) is 44.8 Å². The second-order valence-electron chi connectivity index (χ2n) is 10.3. The molecule has 0 aromatic carbocycles. The number of fused-ring (bicyclic) bond motifs is 1. The molecular formula is C25H26F3N5O2. The van der Waals surface area contributed by atoms with Crippen molar-refractivity contribution in [2.75, 3.05) is 13.7 Å². The molecule has 10 heteroatoms. The van der Waals surface area contributed by atoms with Crippen molar-refractivity contribution < 1.29 is 22.6 Å². The third-order valence-corrected chi connectivity index (χ3v) is 8.08. The molecule has 3 aromatic heterocycles. The highest BCUT2D eigenvalue weighted by Crippen LogP contribution is 2.78. The molecule has 3 saturated carbocycles. The zero-order chi connectivity index (χ0) is 24.6. The zero-order valence-electron chi connectivity index (χ0n) is 19.8. The number of nitrogens with zero attached hydrogens (tertiary/aromatic N) is 5. The van der Waals surface area contributed by atoms with Crippen LogP contribution >= 0.6 is 0 Å². The van der Waals surface area contributed by atoms with Crippen LogP contribution in [0.25, 0.3) is 11.2 Å². The Morgan fingerprint density at radius 1 is 1.06 bits per heavy atom. The third kappa shape index (κ3) is 3.32. The van der Waals surface area contributed by atoms with Crippen molar-refractivity contribution in [3.05, 3.63) is 46.8 Å². The molecule has 0 radical (unpaired) electrons. The van der Waals surface area contributed by atoms with Gasteiger partial charge in [0.2, 0.25) is 5.88 Å². The van der Waals surface area contributed by atoms with E-state index in [0.717, 1.165) is 17.0 Å². The molecule has 0 N–H and O–H groups in total. The van der Waals surface area contributed by atoms with Crippen molar-refractivity contribution in [1.82, 2.24) is 24.9 Å². The Morgan fingerprint density at radius 2 is 1.80 bits per heavy atom. The Balaban J connectivity index is 1.39. The third-order valence-electron chi connectivity index (χ3n) is 8.08. The Kier molecular flexibility index (Phi) is 4.87. The summed E-state index contributed by atoms with van der Waals surface area (Å²) in [6, 6.07) is 3.77. The van der Waals surface area contributed by atoms with Crippen molar-refractivity contribution >= 4 is 11.2 Å². The van der Waals surface area contributed by atoms with Crippen LogP contribution in [0.4, 0.5) is 13.2 Å². The summed E-state index contributed by atoms with van der Waals surface area (Å²) in [5.74, 6) is 1.09. The summed E-state index contributed by atoms with van der Waals surface area (Å²) in [5.41, 5.74) is 1.80. The van der Waals surface area contributed by atoms with Crippen LogP contribution in [0.1, 0.15) is 72.6 Å². The quantitative estimate of drug-likeness (QED) is 0.511. The molecule has 2 bridgehead atoms. The maximum Gasteiger partial charge on any atom is 0.394 e. The van der Waals surface area contributed by atoms with Gasteiger partial charge in [0.25, 0.3) is 0 Å². The number of aromatic nitrogens is 5. The number of aryl methyl sites for hydroxylation is 2. The minimum Gasteiger partial charge on any atom is -0.481 e.